The van der Waals surface area contributed by atoms with Gasteiger partial charge < -0.3 is 14.2 Å². The number of rotatable bonds is 1. The third-order valence-corrected chi connectivity index (χ3v) is 5.08. The van der Waals surface area contributed by atoms with Crippen molar-refractivity contribution in [1.29, 1.82) is 0 Å². The van der Waals surface area contributed by atoms with Gasteiger partial charge in [-0.05, 0) is 39.5 Å². The van der Waals surface area contributed by atoms with E-state index in [-0.39, 0.29) is 18.2 Å². The summed E-state index contributed by atoms with van der Waals surface area (Å²) in [5, 5.41) is 0.372. The van der Waals surface area contributed by atoms with Gasteiger partial charge in [-0.25, -0.2) is 19.7 Å². The monoisotopic (exact) mass is 349 g/mol. The topological polar surface area (TPSA) is 73.1 Å². The van der Waals surface area contributed by atoms with Gasteiger partial charge in [0, 0.05) is 18.6 Å². The first kappa shape index (κ1) is 15.6. The molecule has 128 valence electrons. The van der Waals surface area contributed by atoms with Crippen LogP contribution in [0.5, 0.6) is 0 Å². The normalized spacial score (nSPS) is 26.3. The molecule has 0 radical (unpaired) electrons. The predicted molar refractivity (Wildman–Crippen MR) is 88.8 cm³/mol. The minimum atomic E-state index is -0.466. The number of carbonyl (C=O) groups excluding carboxylic acids is 1. The Hall–Kier alpha value is -1.89. The molecule has 2 bridgehead atoms. The van der Waals surface area contributed by atoms with Crippen LogP contribution >= 0.6 is 11.6 Å². The third-order valence-electron chi connectivity index (χ3n) is 4.80. The zero-order valence-electron chi connectivity index (χ0n) is 13.9. The van der Waals surface area contributed by atoms with Crippen molar-refractivity contribution in [3.8, 4) is 0 Å². The highest BCUT2D eigenvalue weighted by Gasteiger charge is 2.48. The lowest BCUT2D eigenvalue weighted by molar-refractivity contribution is 0.0167. The summed E-state index contributed by atoms with van der Waals surface area (Å²) in [5.74, 6) is 0.383. The number of hydrogen-bond donors (Lipinski definition) is 0. The van der Waals surface area contributed by atoms with Gasteiger partial charge in [0.25, 0.3) is 0 Å². The van der Waals surface area contributed by atoms with Gasteiger partial charge in [-0.1, -0.05) is 11.6 Å². The third kappa shape index (κ3) is 2.51. The van der Waals surface area contributed by atoms with Crippen molar-refractivity contribution in [3.05, 3.63) is 17.8 Å². The van der Waals surface area contributed by atoms with Crippen molar-refractivity contribution >= 4 is 28.9 Å². The van der Waals surface area contributed by atoms with Gasteiger partial charge in [-0.2, -0.15) is 0 Å². The highest BCUT2D eigenvalue weighted by atomic mass is 35.5. The standard InChI is InChI=1S/C16H20ClN5O2/c1-16(2,3)24-15(23)21-6-9-4-10(21)5-11(9)22-8-20-12-13(17)18-7-19-14(12)22/h7-11H,4-6H2,1-3H3/t9-,10-,11+/m1/s1. The van der Waals surface area contributed by atoms with Crippen LogP contribution in [0.3, 0.4) is 0 Å². The summed E-state index contributed by atoms with van der Waals surface area (Å²) in [7, 11) is 0. The van der Waals surface area contributed by atoms with Crippen LogP contribution in [0, 0.1) is 5.92 Å². The molecule has 0 N–H and O–H groups in total. The maximum Gasteiger partial charge on any atom is 0.410 e. The van der Waals surface area contributed by atoms with Crippen molar-refractivity contribution in [1.82, 2.24) is 24.4 Å². The maximum absolute atomic E-state index is 12.3. The SMILES string of the molecule is CC(C)(C)OC(=O)N1C[C@H]2C[C@@H]1C[C@@H]2n1cnc2c(Cl)ncnc21. The van der Waals surface area contributed by atoms with E-state index in [1.807, 2.05) is 25.7 Å². The summed E-state index contributed by atoms with van der Waals surface area (Å²) in [6.45, 7) is 6.39. The second-order valence-electron chi connectivity index (χ2n) is 7.57. The van der Waals surface area contributed by atoms with Crippen LogP contribution in [0.4, 0.5) is 4.79 Å². The molecule has 1 amide bonds. The van der Waals surface area contributed by atoms with Crippen molar-refractivity contribution in [2.45, 2.75) is 51.3 Å². The molecule has 2 aromatic rings. The Labute approximate surface area is 145 Å². The molecule has 2 fully saturated rings. The van der Waals surface area contributed by atoms with E-state index in [1.165, 1.54) is 6.33 Å². The summed E-state index contributed by atoms with van der Waals surface area (Å²) in [6, 6.07) is 0.495. The van der Waals surface area contributed by atoms with Crippen LogP contribution in [0.25, 0.3) is 11.2 Å². The number of nitrogens with zero attached hydrogens (tertiary/aromatic N) is 5. The minimum absolute atomic E-state index is 0.213. The zero-order valence-corrected chi connectivity index (χ0v) is 14.7. The second kappa shape index (κ2) is 5.31. The van der Waals surface area contributed by atoms with Crippen molar-refractivity contribution in [2.24, 2.45) is 5.92 Å². The number of amides is 1. The number of aromatic nitrogens is 4. The molecule has 2 aromatic heterocycles. The van der Waals surface area contributed by atoms with Gasteiger partial charge in [0.2, 0.25) is 0 Å². The van der Waals surface area contributed by atoms with E-state index < -0.39 is 5.60 Å². The second-order valence-corrected chi connectivity index (χ2v) is 7.93. The highest BCUT2D eigenvalue weighted by molar-refractivity contribution is 6.33. The number of hydrogen-bond acceptors (Lipinski definition) is 5. The molecule has 8 heteroatoms. The maximum atomic E-state index is 12.3. The number of imidazole rings is 1. The van der Waals surface area contributed by atoms with E-state index >= 15 is 0 Å². The number of ether oxygens (including phenoxy) is 1. The van der Waals surface area contributed by atoms with Crippen LogP contribution in [0.2, 0.25) is 5.15 Å². The molecule has 1 aliphatic carbocycles. The number of likely N-dealkylation sites (tertiary alicyclic amines) is 1. The van der Waals surface area contributed by atoms with Crippen molar-refractivity contribution in [3.63, 3.8) is 0 Å². The molecular formula is C16H20ClN5O2. The highest BCUT2D eigenvalue weighted by Crippen LogP contribution is 2.46. The van der Waals surface area contributed by atoms with Gasteiger partial charge in [0.05, 0.1) is 6.33 Å². The first-order valence-electron chi connectivity index (χ1n) is 8.16. The van der Waals surface area contributed by atoms with Gasteiger partial charge in [-0.15, -0.1) is 0 Å². The molecule has 1 aliphatic heterocycles. The van der Waals surface area contributed by atoms with Gasteiger partial charge >= 0.3 is 6.09 Å². The smallest absolute Gasteiger partial charge is 0.410 e. The van der Waals surface area contributed by atoms with E-state index in [1.54, 1.807) is 6.33 Å². The van der Waals surface area contributed by atoms with Crippen molar-refractivity contribution in [2.75, 3.05) is 6.54 Å². The molecular weight excluding hydrogens is 330 g/mol. The van der Waals surface area contributed by atoms with Gasteiger partial charge in [0.1, 0.15) is 17.4 Å². The first-order chi connectivity index (χ1) is 11.3. The van der Waals surface area contributed by atoms with Crippen LogP contribution in [-0.4, -0.2) is 48.7 Å². The quantitative estimate of drug-likeness (QED) is 0.740. The average Bonchev–Trinajstić information content (AvgIpc) is 3.18. The number of carbonyl (C=O) groups is 1. The first-order valence-corrected chi connectivity index (χ1v) is 8.54. The Kier molecular flexibility index (Phi) is 3.46. The molecule has 0 unspecified atom stereocenters. The van der Waals surface area contributed by atoms with E-state index in [4.69, 9.17) is 16.3 Å². The fourth-order valence-corrected chi connectivity index (χ4v) is 4.05. The van der Waals surface area contributed by atoms with Crippen LogP contribution in [-0.2, 0) is 4.74 Å². The average molecular weight is 350 g/mol. The summed E-state index contributed by atoms with van der Waals surface area (Å²) in [6.07, 6.45) is 4.91. The van der Waals surface area contributed by atoms with E-state index in [2.05, 4.69) is 19.5 Å². The lowest BCUT2D eigenvalue weighted by atomic mass is 10.0. The molecule has 24 heavy (non-hydrogen) atoms. The summed E-state index contributed by atoms with van der Waals surface area (Å²) in [4.78, 5) is 26.9. The van der Waals surface area contributed by atoms with E-state index in [0.29, 0.717) is 23.1 Å². The van der Waals surface area contributed by atoms with Crippen molar-refractivity contribution < 1.29 is 9.53 Å². The van der Waals surface area contributed by atoms with E-state index in [9.17, 15) is 4.79 Å². The predicted octanol–water partition coefficient (Wildman–Crippen LogP) is 3.05. The van der Waals surface area contributed by atoms with Gasteiger partial charge in [-0.3, -0.25) is 0 Å². The summed E-state index contributed by atoms with van der Waals surface area (Å²) in [5.41, 5.74) is 0.925. The minimum Gasteiger partial charge on any atom is -0.444 e. The fraction of sp³-hybridized carbons (Fsp3) is 0.625. The van der Waals surface area contributed by atoms with Crippen LogP contribution in [0.1, 0.15) is 39.7 Å². The molecule has 1 saturated heterocycles. The lowest BCUT2D eigenvalue weighted by Gasteiger charge is -2.33. The molecule has 3 heterocycles. The molecule has 7 nitrogen and oxygen atoms in total. The molecule has 2 aliphatic rings. The Bertz CT molecular complexity index is 799. The molecule has 0 spiro atoms. The fourth-order valence-electron chi connectivity index (χ4n) is 3.88. The van der Waals surface area contributed by atoms with Gasteiger partial charge in [0.15, 0.2) is 10.8 Å². The number of halogens is 1. The molecule has 0 aromatic carbocycles. The zero-order chi connectivity index (χ0) is 17.1. The van der Waals surface area contributed by atoms with Crippen LogP contribution in [0.15, 0.2) is 12.7 Å². The number of piperidine rings is 1. The molecule has 3 atom stereocenters. The Morgan fingerprint density at radius 2 is 2.08 bits per heavy atom. The Balaban J connectivity index is 1.54. The summed E-state index contributed by atoms with van der Waals surface area (Å²) >= 11 is 6.09. The molecule has 1 saturated carbocycles. The Morgan fingerprint density at radius 3 is 2.75 bits per heavy atom. The van der Waals surface area contributed by atoms with E-state index in [0.717, 1.165) is 18.5 Å². The number of fused-ring (bicyclic) bond motifs is 3. The lowest BCUT2D eigenvalue weighted by Crippen LogP contribution is -2.43. The summed E-state index contributed by atoms with van der Waals surface area (Å²) < 4.78 is 7.60. The van der Waals surface area contributed by atoms with Crippen LogP contribution < -0.4 is 0 Å². The largest absolute Gasteiger partial charge is 0.444 e. The Morgan fingerprint density at radius 1 is 1.29 bits per heavy atom. The molecule has 4 rings (SSSR count).